The van der Waals surface area contributed by atoms with Gasteiger partial charge in [0, 0.05) is 0 Å². The Hall–Kier alpha value is -0.120. The van der Waals surface area contributed by atoms with Gasteiger partial charge in [0.15, 0.2) is 5.79 Å². The second-order valence-corrected chi connectivity index (χ2v) is 4.56. The number of aliphatic hydroxyl groups excluding tert-OH is 1. The van der Waals surface area contributed by atoms with Gasteiger partial charge in [-0.2, -0.15) is 0 Å². The van der Waals surface area contributed by atoms with Gasteiger partial charge in [-0.05, 0) is 26.2 Å². The van der Waals surface area contributed by atoms with Crippen LogP contribution in [0.3, 0.4) is 0 Å². The summed E-state index contributed by atoms with van der Waals surface area (Å²) in [5.74, 6) is -0.0369. The van der Waals surface area contributed by atoms with Crippen LogP contribution in [0.4, 0.5) is 0 Å². The highest BCUT2D eigenvalue weighted by molar-refractivity contribution is 4.77. The van der Waals surface area contributed by atoms with Gasteiger partial charge in [-0.15, -0.1) is 0 Å². The molecule has 0 amide bonds. The van der Waals surface area contributed by atoms with Crippen molar-refractivity contribution in [1.82, 2.24) is 0 Å². The first-order valence-corrected chi connectivity index (χ1v) is 4.90. The van der Waals surface area contributed by atoms with Crippen molar-refractivity contribution in [3.05, 3.63) is 0 Å². The lowest BCUT2D eigenvalue weighted by molar-refractivity contribution is -0.152. The Morgan fingerprint density at radius 3 is 2.46 bits per heavy atom. The van der Waals surface area contributed by atoms with Crippen molar-refractivity contribution in [2.24, 2.45) is 5.92 Å². The van der Waals surface area contributed by atoms with Crippen LogP contribution in [0, 0.1) is 5.92 Å². The number of rotatable bonds is 3. The average Bonchev–Trinajstić information content (AvgIpc) is 2.28. The van der Waals surface area contributed by atoms with E-state index in [0.29, 0.717) is 12.5 Å². The molecule has 13 heavy (non-hydrogen) atoms. The second kappa shape index (κ2) is 3.95. The lowest BCUT2D eigenvalue weighted by Crippen LogP contribution is -2.31. The molecule has 1 fully saturated rings. The Kier molecular flexibility index (Phi) is 3.33. The summed E-state index contributed by atoms with van der Waals surface area (Å²) in [5, 5.41) is 9.75. The Balaban J connectivity index is 2.37. The zero-order valence-corrected chi connectivity index (χ0v) is 8.91. The van der Waals surface area contributed by atoms with Crippen molar-refractivity contribution >= 4 is 0 Å². The van der Waals surface area contributed by atoms with Gasteiger partial charge in [0.05, 0.1) is 12.7 Å². The predicted octanol–water partition coefficient (Wildman–Crippen LogP) is 1.54. The van der Waals surface area contributed by atoms with E-state index < -0.39 is 11.9 Å². The smallest absolute Gasteiger partial charge is 0.163 e. The first-order chi connectivity index (χ1) is 5.91. The number of aliphatic hydroxyl groups is 1. The molecule has 0 bridgehead atoms. The normalized spacial score (nSPS) is 29.5. The number of hydrogen-bond acceptors (Lipinski definition) is 3. The summed E-state index contributed by atoms with van der Waals surface area (Å²) in [5.41, 5.74) is 0. The third-order valence-electron chi connectivity index (χ3n) is 2.17. The summed E-state index contributed by atoms with van der Waals surface area (Å²) in [7, 11) is 0. The summed E-state index contributed by atoms with van der Waals surface area (Å²) >= 11 is 0. The van der Waals surface area contributed by atoms with Crippen LogP contribution in [0.2, 0.25) is 0 Å². The van der Waals surface area contributed by atoms with E-state index in [9.17, 15) is 5.11 Å². The first kappa shape index (κ1) is 11.0. The van der Waals surface area contributed by atoms with E-state index in [4.69, 9.17) is 9.47 Å². The van der Waals surface area contributed by atoms with Crippen molar-refractivity contribution in [2.45, 2.75) is 52.1 Å². The van der Waals surface area contributed by atoms with E-state index in [-0.39, 0.29) is 6.10 Å². The Labute approximate surface area is 80.0 Å². The summed E-state index contributed by atoms with van der Waals surface area (Å²) in [6.07, 6.45) is 0.212. The predicted molar refractivity (Wildman–Crippen MR) is 50.4 cm³/mol. The summed E-state index contributed by atoms with van der Waals surface area (Å²) in [6, 6.07) is 0. The zero-order valence-electron chi connectivity index (χ0n) is 8.91. The second-order valence-electron chi connectivity index (χ2n) is 4.56. The minimum Gasteiger partial charge on any atom is -0.390 e. The molecule has 1 rings (SSSR count). The maximum atomic E-state index is 9.75. The Morgan fingerprint density at radius 1 is 1.46 bits per heavy atom. The fourth-order valence-corrected chi connectivity index (χ4v) is 1.54. The van der Waals surface area contributed by atoms with Gasteiger partial charge >= 0.3 is 0 Å². The molecule has 3 nitrogen and oxygen atoms in total. The van der Waals surface area contributed by atoms with Gasteiger partial charge in [-0.25, -0.2) is 0 Å². The van der Waals surface area contributed by atoms with Crippen LogP contribution < -0.4 is 0 Å². The maximum Gasteiger partial charge on any atom is 0.163 e. The molecule has 0 spiro atoms. The molecule has 1 heterocycles. The third-order valence-corrected chi connectivity index (χ3v) is 2.17. The molecule has 0 aromatic carbocycles. The molecule has 0 aromatic heterocycles. The van der Waals surface area contributed by atoms with Crippen LogP contribution in [0.1, 0.15) is 34.1 Å². The molecular weight excluding hydrogens is 168 g/mol. The van der Waals surface area contributed by atoms with E-state index in [1.165, 1.54) is 0 Å². The van der Waals surface area contributed by atoms with Gasteiger partial charge < -0.3 is 14.6 Å². The van der Waals surface area contributed by atoms with E-state index in [0.717, 1.165) is 6.42 Å². The summed E-state index contributed by atoms with van der Waals surface area (Å²) in [6.45, 7) is 8.42. The minimum absolute atomic E-state index is 0.155. The average molecular weight is 188 g/mol. The van der Waals surface area contributed by atoms with Crippen molar-refractivity contribution in [2.75, 3.05) is 6.61 Å². The van der Waals surface area contributed by atoms with E-state index in [1.54, 1.807) is 0 Å². The largest absolute Gasteiger partial charge is 0.390 e. The number of hydrogen-bond donors (Lipinski definition) is 1. The SMILES string of the molecule is CC(C)CC(O)[C@@H]1COC(C)(C)O1. The highest BCUT2D eigenvalue weighted by Gasteiger charge is 2.36. The highest BCUT2D eigenvalue weighted by atomic mass is 16.7. The fraction of sp³-hybridized carbons (Fsp3) is 1.00. The van der Waals surface area contributed by atoms with Crippen molar-refractivity contribution in [1.29, 1.82) is 0 Å². The summed E-state index contributed by atoms with van der Waals surface area (Å²) in [4.78, 5) is 0. The van der Waals surface area contributed by atoms with E-state index in [2.05, 4.69) is 13.8 Å². The molecule has 0 saturated carbocycles. The maximum absolute atomic E-state index is 9.75. The van der Waals surface area contributed by atoms with Crippen LogP contribution in [0.15, 0.2) is 0 Å². The minimum atomic E-state index is -0.525. The molecule has 1 aliphatic heterocycles. The topological polar surface area (TPSA) is 38.7 Å². The van der Waals surface area contributed by atoms with Gasteiger partial charge in [0.25, 0.3) is 0 Å². The quantitative estimate of drug-likeness (QED) is 0.730. The molecule has 78 valence electrons. The van der Waals surface area contributed by atoms with Crippen LogP contribution in [-0.2, 0) is 9.47 Å². The number of ether oxygens (including phenoxy) is 2. The lowest BCUT2D eigenvalue weighted by atomic mass is 10.0. The van der Waals surface area contributed by atoms with Crippen molar-refractivity contribution in [3.8, 4) is 0 Å². The molecule has 2 atom stereocenters. The van der Waals surface area contributed by atoms with Crippen LogP contribution in [-0.4, -0.2) is 29.7 Å². The van der Waals surface area contributed by atoms with Crippen LogP contribution in [0.5, 0.6) is 0 Å². The van der Waals surface area contributed by atoms with E-state index >= 15 is 0 Å². The molecule has 1 saturated heterocycles. The van der Waals surface area contributed by atoms with Crippen LogP contribution in [0.25, 0.3) is 0 Å². The van der Waals surface area contributed by atoms with Gasteiger partial charge in [0.2, 0.25) is 0 Å². The van der Waals surface area contributed by atoms with Gasteiger partial charge in [-0.3, -0.25) is 0 Å². The van der Waals surface area contributed by atoms with Gasteiger partial charge in [0.1, 0.15) is 6.10 Å². The summed E-state index contributed by atoms with van der Waals surface area (Å²) < 4.78 is 10.9. The van der Waals surface area contributed by atoms with Gasteiger partial charge in [-0.1, -0.05) is 13.8 Å². The molecule has 0 radical (unpaired) electrons. The molecule has 3 heteroatoms. The monoisotopic (exact) mass is 188 g/mol. The molecular formula is C10H20O3. The molecule has 0 aromatic rings. The van der Waals surface area contributed by atoms with Crippen LogP contribution >= 0.6 is 0 Å². The molecule has 1 unspecified atom stereocenters. The standard InChI is InChI=1S/C10H20O3/c1-7(2)5-8(11)9-6-12-10(3,4)13-9/h7-9,11H,5-6H2,1-4H3/t8?,9-/m0/s1. The Bertz CT molecular complexity index is 166. The van der Waals surface area contributed by atoms with E-state index in [1.807, 2.05) is 13.8 Å². The zero-order chi connectivity index (χ0) is 10.1. The fourth-order valence-electron chi connectivity index (χ4n) is 1.54. The highest BCUT2D eigenvalue weighted by Crippen LogP contribution is 2.26. The molecule has 0 aliphatic carbocycles. The van der Waals surface area contributed by atoms with Crippen molar-refractivity contribution < 1.29 is 14.6 Å². The van der Waals surface area contributed by atoms with Crippen molar-refractivity contribution in [3.63, 3.8) is 0 Å². The molecule has 1 aliphatic rings. The lowest BCUT2D eigenvalue weighted by Gasteiger charge is -2.21. The third kappa shape index (κ3) is 3.25. The molecule has 1 N–H and O–H groups in total. The first-order valence-electron chi connectivity index (χ1n) is 4.90. The Morgan fingerprint density at radius 2 is 2.08 bits per heavy atom.